The van der Waals surface area contributed by atoms with Crippen LogP contribution in [0.15, 0.2) is 18.7 Å². The lowest BCUT2D eigenvalue weighted by Gasteiger charge is -2.32. The van der Waals surface area contributed by atoms with Gasteiger partial charge in [-0.2, -0.15) is 0 Å². The summed E-state index contributed by atoms with van der Waals surface area (Å²) in [6, 6.07) is 0. The highest BCUT2D eigenvalue weighted by molar-refractivity contribution is 5.82. The average Bonchev–Trinajstić information content (AvgIpc) is 2.88. The summed E-state index contributed by atoms with van der Waals surface area (Å²) in [5, 5.41) is 6.35. The molecule has 0 unspecified atom stereocenters. The number of carbonyl (C=O) groups excluding carboxylic acids is 1. The molecule has 2 rings (SSSR count). The molecule has 1 amide bonds. The highest BCUT2D eigenvalue weighted by Gasteiger charge is 2.33. The van der Waals surface area contributed by atoms with Gasteiger partial charge in [0.05, 0.1) is 6.33 Å². The molecule has 1 aliphatic heterocycles. The number of nitrogens with one attached hydrogen (secondary N) is 2. The lowest BCUT2D eigenvalue weighted by molar-refractivity contribution is -0.131. The zero-order chi connectivity index (χ0) is 12.8. The molecule has 1 saturated heterocycles. The van der Waals surface area contributed by atoms with Crippen LogP contribution in [-0.4, -0.2) is 35.1 Å². The number of hydrogen-bond acceptors (Lipinski definition) is 3. The van der Waals surface area contributed by atoms with Gasteiger partial charge in [0.2, 0.25) is 5.91 Å². The number of rotatable bonds is 5. The van der Waals surface area contributed by atoms with Gasteiger partial charge in [-0.15, -0.1) is 0 Å². The lowest BCUT2D eigenvalue weighted by Crippen LogP contribution is -2.46. The van der Waals surface area contributed by atoms with E-state index >= 15 is 0 Å². The van der Waals surface area contributed by atoms with Gasteiger partial charge < -0.3 is 15.2 Å². The van der Waals surface area contributed by atoms with E-state index in [1.165, 1.54) is 0 Å². The molecule has 5 nitrogen and oxygen atoms in total. The Balaban J connectivity index is 1.68. The van der Waals surface area contributed by atoms with Crippen LogP contribution in [0.2, 0.25) is 0 Å². The Morgan fingerprint density at radius 1 is 1.50 bits per heavy atom. The molecule has 0 saturated carbocycles. The van der Waals surface area contributed by atoms with Gasteiger partial charge in [-0.3, -0.25) is 4.79 Å². The van der Waals surface area contributed by atoms with Crippen molar-refractivity contribution < 1.29 is 4.79 Å². The van der Waals surface area contributed by atoms with E-state index in [0.29, 0.717) is 0 Å². The normalized spacial score (nSPS) is 18.5. The molecule has 100 valence electrons. The van der Waals surface area contributed by atoms with Crippen molar-refractivity contribution in [3.63, 3.8) is 0 Å². The molecule has 5 heteroatoms. The van der Waals surface area contributed by atoms with Crippen LogP contribution in [0.1, 0.15) is 26.2 Å². The van der Waals surface area contributed by atoms with Crippen molar-refractivity contribution in [2.75, 3.05) is 19.6 Å². The van der Waals surface area contributed by atoms with Crippen molar-refractivity contribution in [2.45, 2.75) is 32.7 Å². The highest BCUT2D eigenvalue weighted by atomic mass is 16.2. The Kier molecular flexibility index (Phi) is 4.36. The largest absolute Gasteiger partial charge is 0.356 e. The Hall–Kier alpha value is -1.36. The summed E-state index contributed by atoms with van der Waals surface area (Å²) in [7, 11) is 0. The second-order valence-corrected chi connectivity index (χ2v) is 5.22. The number of aromatic nitrogens is 2. The fourth-order valence-corrected chi connectivity index (χ4v) is 2.30. The molecular formula is C13H22N4O. The Morgan fingerprint density at radius 3 is 2.94 bits per heavy atom. The summed E-state index contributed by atoms with van der Waals surface area (Å²) in [6.07, 6.45) is 8.32. The second-order valence-electron chi connectivity index (χ2n) is 5.22. The first kappa shape index (κ1) is 13.1. The van der Waals surface area contributed by atoms with Crippen LogP contribution in [-0.2, 0) is 11.3 Å². The summed E-state index contributed by atoms with van der Waals surface area (Å²) in [6.45, 7) is 5.59. The SMILES string of the molecule is CC1(C(=O)NCCCn2ccnc2)CCNCC1. The van der Waals surface area contributed by atoms with Crippen LogP contribution in [0.3, 0.4) is 0 Å². The minimum atomic E-state index is -0.180. The van der Waals surface area contributed by atoms with E-state index in [1.807, 2.05) is 10.8 Å². The molecule has 0 aliphatic carbocycles. The van der Waals surface area contributed by atoms with Crippen LogP contribution in [0, 0.1) is 5.41 Å². The maximum atomic E-state index is 12.1. The number of hydrogen-bond donors (Lipinski definition) is 2. The molecule has 1 aromatic rings. The second kappa shape index (κ2) is 6.00. The van der Waals surface area contributed by atoms with E-state index in [4.69, 9.17) is 0 Å². The third-order valence-corrected chi connectivity index (χ3v) is 3.69. The fraction of sp³-hybridized carbons (Fsp3) is 0.692. The van der Waals surface area contributed by atoms with E-state index in [9.17, 15) is 4.79 Å². The summed E-state index contributed by atoms with van der Waals surface area (Å²) in [4.78, 5) is 16.1. The molecule has 0 spiro atoms. The van der Waals surface area contributed by atoms with Gasteiger partial charge in [0.15, 0.2) is 0 Å². The minimum Gasteiger partial charge on any atom is -0.356 e. The summed E-state index contributed by atoms with van der Waals surface area (Å²) in [5.41, 5.74) is -0.180. The fourth-order valence-electron chi connectivity index (χ4n) is 2.30. The smallest absolute Gasteiger partial charge is 0.226 e. The van der Waals surface area contributed by atoms with Crippen molar-refractivity contribution in [1.29, 1.82) is 0 Å². The highest BCUT2D eigenvalue weighted by Crippen LogP contribution is 2.27. The quantitative estimate of drug-likeness (QED) is 0.759. The van der Waals surface area contributed by atoms with Crippen LogP contribution in [0.5, 0.6) is 0 Å². The van der Waals surface area contributed by atoms with E-state index < -0.39 is 0 Å². The molecule has 1 aliphatic rings. The molecular weight excluding hydrogens is 228 g/mol. The molecule has 0 radical (unpaired) electrons. The predicted octanol–water partition coefficient (Wildman–Crippen LogP) is 0.779. The van der Waals surface area contributed by atoms with E-state index in [0.717, 1.165) is 45.4 Å². The number of nitrogens with zero attached hydrogens (tertiary/aromatic N) is 2. The van der Waals surface area contributed by atoms with Gasteiger partial charge in [-0.1, -0.05) is 6.92 Å². The van der Waals surface area contributed by atoms with Gasteiger partial charge in [0.1, 0.15) is 0 Å². The number of piperidine rings is 1. The first-order valence-electron chi connectivity index (χ1n) is 6.65. The molecule has 18 heavy (non-hydrogen) atoms. The molecule has 2 N–H and O–H groups in total. The zero-order valence-electron chi connectivity index (χ0n) is 11.0. The van der Waals surface area contributed by atoms with Crippen molar-refractivity contribution in [1.82, 2.24) is 20.2 Å². The standard InChI is InChI=1S/C13H22N4O/c1-13(3-6-14-7-4-13)12(18)16-5-2-9-17-10-8-15-11-17/h8,10-11,14H,2-7,9H2,1H3,(H,16,18). The summed E-state index contributed by atoms with van der Waals surface area (Å²) >= 11 is 0. The maximum absolute atomic E-state index is 12.1. The van der Waals surface area contributed by atoms with Crippen LogP contribution in [0.4, 0.5) is 0 Å². The maximum Gasteiger partial charge on any atom is 0.226 e. The zero-order valence-corrected chi connectivity index (χ0v) is 11.0. The molecule has 1 fully saturated rings. The van der Waals surface area contributed by atoms with Crippen LogP contribution in [0.25, 0.3) is 0 Å². The Labute approximate surface area is 108 Å². The summed E-state index contributed by atoms with van der Waals surface area (Å²) < 4.78 is 2.03. The van der Waals surface area contributed by atoms with Gasteiger partial charge in [-0.05, 0) is 32.4 Å². The Bertz CT molecular complexity index is 368. The lowest BCUT2D eigenvalue weighted by atomic mass is 9.80. The topological polar surface area (TPSA) is 59.0 Å². The van der Waals surface area contributed by atoms with Gasteiger partial charge in [0, 0.05) is 30.9 Å². The molecule has 2 heterocycles. The van der Waals surface area contributed by atoms with E-state index in [2.05, 4.69) is 22.5 Å². The predicted molar refractivity (Wildman–Crippen MR) is 70.1 cm³/mol. The summed E-state index contributed by atoms with van der Waals surface area (Å²) in [5.74, 6) is 0.203. The van der Waals surface area contributed by atoms with Gasteiger partial charge >= 0.3 is 0 Å². The number of carbonyl (C=O) groups is 1. The van der Waals surface area contributed by atoms with Crippen LogP contribution < -0.4 is 10.6 Å². The third kappa shape index (κ3) is 3.32. The monoisotopic (exact) mass is 250 g/mol. The van der Waals surface area contributed by atoms with Crippen molar-refractivity contribution >= 4 is 5.91 Å². The average molecular weight is 250 g/mol. The molecule has 0 bridgehead atoms. The number of imidazole rings is 1. The van der Waals surface area contributed by atoms with Crippen LogP contribution >= 0.6 is 0 Å². The molecule has 0 aromatic carbocycles. The van der Waals surface area contributed by atoms with E-state index in [1.54, 1.807) is 12.5 Å². The van der Waals surface area contributed by atoms with Crippen molar-refractivity contribution in [2.24, 2.45) is 5.41 Å². The first-order valence-corrected chi connectivity index (χ1v) is 6.65. The van der Waals surface area contributed by atoms with E-state index in [-0.39, 0.29) is 11.3 Å². The minimum absolute atomic E-state index is 0.180. The van der Waals surface area contributed by atoms with Crippen molar-refractivity contribution in [3.05, 3.63) is 18.7 Å². The van der Waals surface area contributed by atoms with Gasteiger partial charge in [0.25, 0.3) is 0 Å². The molecule has 1 aromatic heterocycles. The molecule has 0 atom stereocenters. The van der Waals surface area contributed by atoms with Gasteiger partial charge in [-0.25, -0.2) is 4.98 Å². The Morgan fingerprint density at radius 2 is 2.28 bits per heavy atom. The third-order valence-electron chi connectivity index (χ3n) is 3.69. The number of amides is 1. The first-order chi connectivity index (χ1) is 8.71. The number of aryl methyl sites for hydroxylation is 1. The van der Waals surface area contributed by atoms with Crippen molar-refractivity contribution in [3.8, 4) is 0 Å².